The number of hydrogen-bond acceptors (Lipinski definition) is 4. The fraction of sp³-hybridized carbons (Fsp3) is 0.850. The van der Waals surface area contributed by atoms with Gasteiger partial charge in [0, 0.05) is 18.9 Å². The highest BCUT2D eigenvalue weighted by atomic mass is 16.3. The zero-order chi connectivity index (χ0) is 17.8. The Labute approximate surface area is 147 Å². The lowest BCUT2D eigenvalue weighted by Crippen LogP contribution is -2.19. The number of unbranched alkanes of at least 4 members (excludes halogenated alkanes) is 6. The van der Waals surface area contributed by atoms with Crippen molar-refractivity contribution < 1.29 is 20.1 Å². The number of carbonyl (C=O) groups is 1. The van der Waals surface area contributed by atoms with Crippen LogP contribution in [0.1, 0.15) is 77.6 Å². The van der Waals surface area contributed by atoms with Crippen molar-refractivity contribution in [1.82, 2.24) is 0 Å². The highest BCUT2D eigenvalue weighted by Crippen LogP contribution is 2.34. The Morgan fingerprint density at radius 2 is 1.83 bits per heavy atom. The van der Waals surface area contributed by atoms with Crippen LogP contribution in [0.4, 0.5) is 0 Å². The second-order valence-electron chi connectivity index (χ2n) is 7.16. The number of carbonyl (C=O) groups excluding carboxylic acids is 1. The zero-order valence-electron chi connectivity index (χ0n) is 15.2. The minimum atomic E-state index is -0.540. The Morgan fingerprint density at radius 3 is 2.54 bits per heavy atom. The van der Waals surface area contributed by atoms with E-state index in [-0.39, 0.29) is 30.6 Å². The highest BCUT2D eigenvalue weighted by Gasteiger charge is 2.39. The first-order valence-electron chi connectivity index (χ1n) is 9.78. The molecule has 0 spiro atoms. The molecule has 4 nitrogen and oxygen atoms in total. The van der Waals surface area contributed by atoms with Crippen molar-refractivity contribution in [3.05, 3.63) is 12.2 Å². The maximum Gasteiger partial charge on any atom is 0.142 e. The van der Waals surface area contributed by atoms with Gasteiger partial charge in [0.2, 0.25) is 0 Å². The Bertz CT molecular complexity index is 367. The van der Waals surface area contributed by atoms with Crippen LogP contribution in [0, 0.1) is 11.8 Å². The summed E-state index contributed by atoms with van der Waals surface area (Å²) in [5.74, 6) is -0.141. The van der Waals surface area contributed by atoms with Crippen LogP contribution in [0.5, 0.6) is 0 Å². The van der Waals surface area contributed by atoms with Gasteiger partial charge in [0.1, 0.15) is 5.78 Å². The first kappa shape index (κ1) is 21.3. The van der Waals surface area contributed by atoms with Gasteiger partial charge in [0.05, 0.1) is 12.2 Å². The molecular weight excluding hydrogens is 304 g/mol. The molecule has 0 aromatic rings. The van der Waals surface area contributed by atoms with Crippen molar-refractivity contribution in [3.63, 3.8) is 0 Å². The summed E-state index contributed by atoms with van der Waals surface area (Å²) in [6.07, 6.45) is 12.7. The number of rotatable bonds is 13. The van der Waals surface area contributed by atoms with Crippen molar-refractivity contribution in [2.45, 2.75) is 89.8 Å². The molecule has 1 aliphatic carbocycles. The topological polar surface area (TPSA) is 77.8 Å². The Hall–Kier alpha value is -0.710. The molecule has 0 saturated heterocycles. The summed E-state index contributed by atoms with van der Waals surface area (Å²) >= 11 is 0. The maximum atomic E-state index is 12.1. The number of allylic oxidation sites excluding steroid dienone is 1. The van der Waals surface area contributed by atoms with E-state index in [1.807, 2.05) is 6.08 Å². The molecule has 0 aliphatic heterocycles. The van der Waals surface area contributed by atoms with Crippen LogP contribution < -0.4 is 0 Å². The number of aliphatic hydroxyl groups is 3. The monoisotopic (exact) mass is 340 g/mol. The summed E-state index contributed by atoms with van der Waals surface area (Å²) in [5, 5.41) is 28.9. The van der Waals surface area contributed by atoms with Crippen molar-refractivity contribution in [3.8, 4) is 0 Å². The molecule has 4 atom stereocenters. The summed E-state index contributed by atoms with van der Waals surface area (Å²) in [5.41, 5.74) is 0. The average Bonchev–Trinajstić information content (AvgIpc) is 2.82. The molecule has 0 aromatic carbocycles. The van der Waals surface area contributed by atoms with Gasteiger partial charge in [0.15, 0.2) is 0 Å². The Balaban J connectivity index is 2.40. The maximum absolute atomic E-state index is 12.1. The van der Waals surface area contributed by atoms with Gasteiger partial charge in [-0.25, -0.2) is 0 Å². The molecule has 0 heterocycles. The number of Topliss-reactive ketones (excluding diaryl/α,β-unsaturated/α-hetero) is 1. The predicted octanol–water partition coefficient (Wildman–Crippen LogP) is 3.38. The molecule has 0 radical (unpaired) electrons. The van der Waals surface area contributed by atoms with Crippen LogP contribution in [0.2, 0.25) is 0 Å². The minimum Gasteiger partial charge on any atom is -0.396 e. The average molecular weight is 341 g/mol. The van der Waals surface area contributed by atoms with Gasteiger partial charge < -0.3 is 15.3 Å². The summed E-state index contributed by atoms with van der Waals surface area (Å²) in [7, 11) is 0. The molecule has 3 N–H and O–H groups in total. The third-order valence-corrected chi connectivity index (χ3v) is 5.08. The molecule has 24 heavy (non-hydrogen) atoms. The molecule has 4 heteroatoms. The normalized spacial score (nSPS) is 25.7. The first-order chi connectivity index (χ1) is 11.6. The molecule has 1 aliphatic rings. The van der Waals surface area contributed by atoms with Crippen LogP contribution in [-0.4, -0.2) is 39.9 Å². The largest absolute Gasteiger partial charge is 0.396 e. The third kappa shape index (κ3) is 7.91. The van der Waals surface area contributed by atoms with Gasteiger partial charge in [-0.3, -0.25) is 4.79 Å². The SMILES string of the molecule is CCCCC[C@H](O)C=C[C@H]1C(=O)C[C@H](O)[C@@H]1CCCCCCCO. The standard InChI is InChI=1S/C20H36O4/c1-2-3-7-10-16(22)12-13-18-17(19(23)15-20(18)24)11-8-5-4-6-9-14-21/h12-13,16-19,21-23H,2-11,14-15H2,1H3/t16-,17+,18+,19-/m0/s1. The van der Waals surface area contributed by atoms with E-state index in [0.717, 1.165) is 64.2 Å². The quantitative estimate of drug-likeness (QED) is 0.355. The predicted molar refractivity (Wildman–Crippen MR) is 96.7 cm³/mol. The molecular formula is C20H36O4. The van der Waals surface area contributed by atoms with E-state index in [1.54, 1.807) is 6.08 Å². The summed E-state index contributed by atoms with van der Waals surface area (Å²) in [4.78, 5) is 12.1. The first-order valence-corrected chi connectivity index (χ1v) is 9.78. The van der Waals surface area contributed by atoms with Gasteiger partial charge in [0.25, 0.3) is 0 Å². The van der Waals surface area contributed by atoms with Gasteiger partial charge in [-0.1, -0.05) is 64.0 Å². The van der Waals surface area contributed by atoms with Crippen molar-refractivity contribution >= 4 is 5.78 Å². The molecule has 0 amide bonds. The van der Waals surface area contributed by atoms with Crippen LogP contribution in [0.25, 0.3) is 0 Å². The fourth-order valence-electron chi connectivity index (χ4n) is 3.56. The van der Waals surface area contributed by atoms with E-state index in [2.05, 4.69) is 6.92 Å². The number of aliphatic hydroxyl groups excluding tert-OH is 3. The lowest BCUT2D eigenvalue weighted by molar-refractivity contribution is -0.120. The summed E-state index contributed by atoms with van der Waals surface area (Å²) in [6.45, 7) is 2.39. The smallest absolute Gasteiger partial charge is 0.142 e. The van der Waals surface area contributed by atoms with E-state index in [0.29, 0.717) is 0 Å². The van der Waals surface area contributed by atoms with Gasteiger partial charge in [-0.05, 0) is 25.2 Å². The molecule has 140 valence electrons. The lowest BCUT2D eigenvalue weighted by Gasteiger charge is -2.18. The Morgan fingerprint density at radius 1 is 1.12 bits per heavy atom. The van der Waals surface area contributed by atoms with Crippen LogP contribution in [0.3, 0.4) is 0 Å². The fourth-order valence-corrected chi connectivity index (χ4v) is 3.56. The van der Waals surface area contributed by atoms with Crippen molar-refractivity contribution in [2.24, 2.45) is 11.8 Å². The van der Waals surface area contributed by atoms with E-state index in [1.165, 1.54) is 0 Å². The Kier molecular flexibility index (Phi) is 11.2. The van der Waals surface area contributed by atoms with Crippen molar-refractivity contribution in [1.29, 1.82) is 0 Å². The van der Waals surface area contributed by atoms with Gasteiger partial charge in [-0.15, -0.1) is 0 Å². The number of hydrogen-bond donors (Lipinski definition) is 3. The highest BCUT2D eigenvalue weighted by molar-refractivity contribution is 5.85. The lowest BCUT2D eigenvalue weighted by atomic mass is 9.88. The molecule has 1 rings (SSSR count). The van der Waals surface area contributed by atoms with E-state index >= 15 is 0 Å². The zero-order valence-corrected chi connectivity index (χ0v) is 15.2. The molecule has 0 bridgehead atoms. The molecule has 0 aromatic heterocycles. The van der Waals surface area contributed by atoms with Crippen molar-refractivity contribution in [2.75, 3.05) is 6.61 Å². The number of ketones is 1. The van der Waals surface area contributed by atoms with Crippen LogP contribution >= 0.6 is 0 Å². The minimum absolute atomic E-state index is 0.00515. The van der Waals surface area contributed by atoms with E-state index in [9.17, 15) is 15.0 Å². The van der Waals surface area contributed by atoms with E-state index < -0.39 is 12.2 Å². The van der Waals surface area contributed by atoms with Crippen LogP contribution in [0.15, 0.2) is 12.2 Å². The third-order valence-electron chi connectivity index (χ3n) is 5.08. The van der Waals surface area contributed by atoms with Gasteiger partial charge >= 0.3 is 0 Å². The molecule has 1 fully saturated rings. The summed E-state index contributed by atoms with van der Waals surface area (Å²) < 4.78 is 0. The van der Waals surface area contributed by atoms with Crippen LogP contribution in [-0.2, 0) is 4.79 Å². The second kappa shape index (κ2) is 12.6. The van der Waals surface area contributed by atoms with Gasteiger partial charge in [-0.2, -0.15) is 0 Å². The summed E-state index contributed by atoms with van der Waals surface area (Å²) in [6, 6.07) is 0. The van der Waals surface area contributed by atoms with E-state index in [4.69, 9.17) is 5.11 Å². The molecule has 1 saturated carbocycles. The second-order valence-corrected chi connectivity index (χ2v) is 7.16. The molecule has 0 unspecified atom stereocenters.